The molecule has 2 N–H and O–H groups in total. The molecule has 1 aromatic rings. The maximum atomic E-state index is 11.0. The van der Waals surface area contributed by atoms with Crippen molar-refractivity contribution in [3.63, 3.8) is 0 Å². The topological polar surface area (TPSA) is 49.3 Å². The zero-order valence-electron chi connectivity index (χ0n) is 9.58. The average molecular weight is 254 g/mol. The number of benzene rings is 1. The number of hydrogen-bond donors (Lipinski definition) is 2. The molecule has 0 bridgehead atoms. The summed E-state index contributed by atoms with van der Waals surface area (Å²) in [5, 5.41) is 12.7. The lowest BCUT2D eigenvalue weighted by Gasteiger charge is -2.25. The van der Waals surface area contributed by atoms with Gasteiger partial charge in [0.05, 0.1) is 5.56 Å². The lowest BCUT2D eigenvalue weighted by atomic mass is 9.83. The first kappa shape index (κ1) is 12.2. The summed E-state index contributed by atoms with van der Waals surface area (Å²) in [6, 6.07) is 4.92. The number of anilines is 1. The lowest BCUT2D eigenvalue weighted by Crippen LogP contribution is -2.16. The van der Waals surface area contributed by atoms with Crippen molar-refractivity contribution in [2.75, 3.05) is 11.9 Å². The number of carbonyl (C=O) groups is 1. The van der Waals surface area contributed by atoms with E-state index in [1.807, 2.05) is 0 Å². The van der Waals surface area contributed by atoms with Crippen LogP contribution in [0.15, 0.2) is 18.2 Å². The predicted octanol–water partition coefficient (Wildman–Crippen LogP) is 3.64. The summed E-state index contributed by atoms with van der Waals surface area (Å²) in [5.74, 6) is -0.123. The number of nitrogens with one attached hydrogen (secondary N) is 1. The van der Waals surface area contributed by atoms with Crippen LogP contribution in [-0.4, -0.2) is 17.6 Å². The van der Waals surface area contributed by atoms with E-state index in [4.69, 9.17) is 16.7 Å². The second kappa shape index (κ2) is 5.41. The third-order valence-electron chi connectivity index (χ3n) is 3.30. The Morgan fingerprint density at radius 1 is 1.47 bits per heavy atom. The normalized spacial score (nSPS) is 15.4. The number of carboxylic acid groups (broad SMARTS) is 1. The minimum absolute atomic E-state index is 0.242. The first-order valence-corrected chi connectivity index (χ1v) is 6.31. The third-order valence-corrected chi connectivity index (χ3v) is 3.54. The predicted molar refractivity (Wildman–Crippen MR) is 68.9 cm³/mol. The van der Waals surface area contributed by atoms with Gasteiger partial charge in [-0.1, -0.05) is 30.9 Å². The van der Waals surface area contributed by atoms with Crippen molar-refractivity contribution in [1.82, 2.24) is 0 Å². The van der Waals surface area contributed by atoms with Crippen LogP contribution in [0.4, 0.5) is 5.69 Å². The Morgan fingerprint density at radius 2 is 2.24 bits per heavy atom. The van der Waals surface area contributed by atoms with E-state index in [-0.39, 0.29) is 5.56 Å². The van der Waals surface area contributed by atoms with E-state index >= 15 is 0 Å². The van der Waals surface area contributed by atoms with Gasteiger partial charge in [0, 0.05) is 17.3 Å². The molecule has 2 rings (SSSR count). The van der Waals surface area contributed by atoms with Crippen LogP contribution in [0.25, 0.3) is 0 Å². The fourth-order valence-electron chi connectivity index (χ4n) is 2.04. The van der Waals surface area contributed by atoms with Crippen molar-refractivity contribution in [3.05, 3.63) is 28.8 Å². The van der Waals surface area contributed by atoms with Crippen molar-refractivity contribution in [2.45, 2.75) is 25.7 Å². The molecule has 4 heteroatoms. The van der Waals surface area contributed by atoms with Crippen molar-refractivity contribution in [1.29, 1.82) is 0 Å². The van der Waals surface area contributed by atoms with Crippen LogP contribution in [0.3, 0.4) is 0 Å². The quantitative estimate of drug-likeness (QED) is 0.842. The first-order valence-electron chi connectivity index (χ1n) is 5.93. The molecule has 0 saturated heterocycles. The van der Waals surface area contributed by atoms with Crippen LogP contribution in [0, 0.1) is 5.92 Å². The molecule has 1 fully saturated rings. The molecule has 0 unspecified atom stereocenters. The van der Waals surface area contributed by atoms with E-state index in [1.54, 1.807) is 12.1 Å². The zero-order valence-corrected chi connectivity index (χ0v) is 10.3. The van der Waals surface area contributed by atoms with Gasteiger partial charge in [0.2, 0.25) is 0 Å². The van der Waals surface area contributed by atoms with Gasteiger partial charge in [0.15, 0.2) is 0 Å². The zero-order chi connectivity index (χ0) is 12.3. The fourth-order valence-corrected chi connectivity index (χ4v) is 2.21. The Bertz CT molecular complexity index is 416. The van der Waals surface area contributed by atoms with Gasteiger partial charge in [-0.15, -0.1) is 0 Å². The molecule has 0 aromatic heterocycles. The van der Waals surface area contributed by atoms with E-state index < -0.39 is 5.97 Å². The largest absolute Gasteiger partial charge is 0.478 e. The lowest BCUT2D eigenvalue weighted by molar-refractivity contribution is 0.0698. The molecule has 1 aliphatic carbocycles. The van der Waals surface area contributed by atoms with E-state index in [0.29, 0.717) is 10.7 Å². The Morgan fingerprint density at radius 3 is 2.82 bits per heavy atom. The van der Waals surface area contributed by atoms with Crippen LogP contribution >= 0.6 is 11.6 Å². The number of halogens is 1. The van der Waals surface area contributed by atoms with Crippen LogP contribution in [0.2, 0.25) is 5.02 Å². The standard InChI is InChI=1S/C13H16ClNO2/c14-10-4-5-12(11(8-10)13(16)17)15-7-6-9-2-1-3-9/h4-5,8-9,15H,1-3,6-7H2,(H,16,17). The van der Waals surface area contributed by atoms with Crippen LogP contribution in [-0.2, 0) is 0 Å². The van der Waals surface area contributed by atoms with Crippen LogP contribution in [0.5, 0.6) is 0 Å². The fraction of sp³-hybridized carbons (Fsp3) is 0.462. The van der Waals surface area contributed by atoms with Gasteiger partial charge in [-0.05, 0) is 30.5 Å². The third kappa shape index (κ3) is 3.13. The first-order chi connectivity index (χ1) is 8.16. The summed E-state index contributed by atoms with van der Waals surface area (Å²) in [6.45, 7) is 0.826. The molecule has 0 radical (unpaired) electrons. The minimum atomic E-state index is -0.946. The molecule has 3 nitrogen and oxygen atoms in total. The minimum Gasteiger partial charge on any atom is -0.478 e. The van der Waals surface area contributed by atoms with Gasteiger partial charge in [0.1, 0.15) is 0 Å². The average Bonchev–Trinajstić information content (AvgIpc) is 2.23. The molecule has 17 heavy (non-hydrogen) atoms. The monoisotopic (exact) mass is 253 g/mol. The van der Waals surface area contributed by atoms with Crippen molar-refractivity contribution in [2.24, 2.45) is 5.92 Å². The van der Waals surface area contributed by atoms with E-state index in [2.05, 4.69) is 5.32 Å². The van der Waals surface area contributed by atoms with Crippen molar-refractivity contribution >= 4 is 23.3 Å². The molecule has 1 aliphatic rings. The molecule has 1 aromatic carbocycles. The Hall–Kier alpha value is -1.22. The highest BCUT2D eigenvalue weighted by Gasteiger charge is 2.17. The number of hydrogen-bond acceptors (Lipinski definition) is 2. The Labute approximate surface area is 106 Å². The SMILES string of the molecule is O=C(O)c1cc(Cl)ccc1NCCC1CCC1. The summed E-state index contributed by atoms with van der Waals surface area (Å²) < 4.78 is 0. The maximum Gasteiger partial charge on any atom is 0.337 e. The number of aromatic carboxylic acids is 1. The second-order valence-electron chi connectivity index (χ2n) is 4.51. The molecule has 0 aliphatic heterocycles. The number of carboxylic acids is 1. The van der Waals surface area contributed by atoms with Crippen LogP contribution < -0.4 is 5.32 Å². The van der Waals surface area contributed by atoms with Gasteiger partial charge >= 0.3 is 5.97 Å². The molecular weight excluding hydrogens is 238 g/mol. The molecule has 0 amide bonds. The molecule has 1 saturated carbocycles. The van der Waals surface area contributed by atoms with Gasteiger partial charge < -0.3 is 10.4 Å². The van der Waals surface area contributed by atoms with Gasteiger partial charge in [-0.2, -0.15) is 0 Å². The van der Waals surface area contributed by atoms with Gasteiger partial charge in [-0.25, -0.2) is 4.79 Å². The Kier molecular flexibility index (Phi) is 3.89. The van der Waals surface area contributed by atoms with E-state index in [9.17, 15) is 4.79 Å². The molecular formula is C13H16ClNO2. The second-order valence-corrected chi connectivity index (χ2v) is 4.94. The summed E-state index contributed by atoms with van der Waals surface area (Å²) >= 11 is 5.79. The maximum absolute atomic E-state index is 11.0. The molecule has 0 spiro atoms. The molecule has 92 valence electrons. The van der Waals surface area contributed by atoms with Crippen molar-refractivity contribution in [3.8, 4) is 0 Å². The highest BCUT2D eigenvalue weighted by atomic mass is 35.5. The smallest absolute Gasteiger partial charge is 0.337 e. The Balaban J connectivity index is 1.96. The van der Waals surface area contributed by atoms with Gasteiger partial charge in [-0.3, -0.25) is 0 Å². The van der Waals surface area contributed by atoms with Crippen LogP contribution in [0.1, 0.15) is 36.0 Å². The molecule has 0 heterocycles. The summed E-state index contributed by atoms with van der Waals surface area (Å²) in [5.41, 5.74) is 0.896. The summed E-state index contributed by atoms with van der Waals surface area (Å²) in [7, 11) is 0. The van der Waals surface area contributed by atoms with E-state index in [0.717, 1.165) is 18.9 Å². The molecule has 0 atom stereocenters. The highest BCUT2D eigenvalue weighted by molar-refractivity contribution is 6.31. The highest BCUT2D eigenvalue weighted by Crippen LogP contribution is 2.29. The van der Waals surface area contributed by atoms with Gasteiger partial charge in [0.25, 0.3) is 0 Å². The summed E-state index contributed by atoms with van der Waals surface area (Å²) in [6.07, 6.45) is 5.08. The van der Waals surface area contributed by atoms with Crippen molar-refractivity contribution < 1.29 is 9.90 Å². The van der Waals surface area contributed by atoms with E-state index in [1.165, 1.54) is 25.3 Å². The summed E-state index contributed by atoms with van der Waals surface area (Å²) in [4.78, 5) is 11.0. The number of rotatable bonds is 5.